The molecule has 2 unspecified atom stereocenters. The Balaban J connectivity index is 1.94. The second-order valence-electron chi connectivity index (χ2n) is 6.07. The largest absolute Gasteiger partial charge is 0.366 e. The highest BCUT2D eigenvalue weighted by molar-refractivity contribution is 5.75. The summed E-state index contributed by atoms with van der Waals surface area (Å²) >= 11 is 0. The maximum Gasteiger partial charge on any atom is 0.144 e. The van der Waals surface area contributed by atoms with Crippen molar-refractivity contribution in [3.63, 3.8) is 0 Å². The molecule has 112 valence electrons. The lowest BCUT2D eigenvalue weighted by atomic mass is 9.86. The summed E-state index contributed by atoms with van der Waals surface area (Å²) in [6.45, 7) is 2.28. The fraction of sp³-hybridized carbons (Fsp3) is 0.368. The fourth-order valence-corrected chi connectivity index (χ4v) is 3.25. The van der Waals surface area contributed by atoms with Gasteiger partial charge >= 0.3 is 0 Å². The van der Waals surface area contributed by atoms with Crippen LogP contribution in [0.5, 0.6) is 0 Å². The molecule has 0 aliphatic heterocycles. The highest BCUT2D eigenvalue weighted by atomic mass is 15.0. The molecule has 3 nitrogen and oxygen atoms in total. The molecule has 22 heavy (non-hydrogen) atoms. The second-order valence-corrected chi connectivity index (χ2v) is 6.07. The van der Waals surface area contributed by atoms with Crippen molar-refractivity contribution >= 4 is 5.82 Å². The van der Waals surface area contributed by atoms with Crippen LogP contribution in [-0.2, 0) is 0 Å². The maximum atomic E-state index is 9.63. The number of nitrogens with zero attached hydrogens (tertiary/aromatic N) is 2. The van der Waals surface area contributed by atoms with Crippen molar-refractivity contribution in [2.45, 2.75) is 38.6 Å². The van der Waals surface area contributed by atoms with Gasteiger partial charge < -0.3 is 5.32 Å². The topological polar surface area (TPSA) is 48.7 Å². The van der Waals surface area contributed by atoms with Crippen LogP contribution in [0.25, 0.3) is 11.1 Å². The number of rotatable bonds is 3. The molecule has 1 fully saturated rings. The molecule has 1 N–H and O–H groups in total. The van der Waals surface area contributed by atoms with Gasteiger partial charge in [-0.1, -0.05) is 50.1 Å². The Bertz CT molecular complexity index is 673. The van der Waals surface area contributed by atoms with Gasteiger partial charge in [0, 0.05) is 17.8 Å². The third-order valence-electron chi connectivity index (χ3n) is 4.58. The zero-order valence-electron chi connectivity index (χ0n) is 12.9. The molecule has 1 heterocycles. The molecular weight excluding hydrogens is 270 g/mol. The van der Waals surface area contributed by atoms with Crippen molar-refractivity contribution < 1.29 is 0 Å². The molecule has 0 radical (unpaired) electrons. The van der Waals surface area contributed by atoms with Crippen molar-refractivity contribution in [3.8, 4) is 17.2 Å². The van der Waals surface area contributed by atoms with Gasteiger partial charge in [-0.25, -0.2) is 4.98 Å². The third kappa shape index (κ3) is 2.96. The number of aromatic nitrogens is 1. The first-order chi connectivity index (χ1) is 10.8. The van der Waals surface area contributed by atoms with Crippen molar-refractivity contribution in [3.05, 3.63) is 48.2 Å². The Hall–Kier alpha value is -2.34. The highest BCUT2D eigenvalue weighted by Gasteiger charge is 2.23. The van der Waals surface area contributed by atoms with Gasteiger partial charge in [-0.3, -0.25) is 0 Å². The lowest BCUT2D eigenvalue weighted by Gasteiger charge is -2.30. The van der Waals surface area contributed by atoms with Crippen LogP contribution in [0.1, 0.15) is 38.2 Å². The average molecular weight is 291 g/mol. The number of hydrogen-bond donors (Lipinski definition) is 1. The second kappa shape index (κ2) is 6.62. The summed E-state index contributed by atoms with van der Waals surface area (Å²) in [6, 6.07) is 14.7. The Morgan fingerprint density at radius 1 is 1.14 bits per heavy atom. The zero-order chi connectivity index (χ0) is 15.4. The smallest absolute Gasteiger partial charge is 0.144 e. The predicted octanol–water partition coefficient (Wildman–Crippen LogP) is 4.61. The molecule has 1 saturated carbocycles. The molecule has 1 aromatic heterocycles. The monoisotopic (exact) mass is 291 g/mol. The molecule has 0 saturated heterocycles. The van der Waals surface area contributed by atoms with Crippen LogP contribution < -0.4 is 5.32 Å². The van der Waals surface area contributed by atoms with E-state index in [2.05, 4.69) is 23.3 Å². The first-order valence-electron chi connectivity index (χ1n) is 8.00. The van der Waals surface area contributed by atoms with E-state index >= 15 is 0 Å². The lowest BCUT2D eigenvalue weighted by molar-refractivity contribution is 0.349. The van der Waals surface area contributed by atoms with Gasteiger partial charge in [0.2, 0.25) is 0 Å². The molecule has 0 bridgehead atoms. The normalized spacial score (nSPS) is 21.1. The summed E-state index contributed by atoms with van der Waals surface area (Å²) in [5, 5.41) is 13.2. The third-order valence-corrected chi connectivity index (χ3v) is 4.58. The van der Waals surface area contributed by atoms with E-state index in [4.69, 9.17) is 0 Å². The van der Waals surface area contributed by atoms with Crippen molar-refractivity contribution in [2.24, 2.45) is 5.92 Å². The van der Waals surface area contributed by atoms with Crippen LogP contribution >= 0.6 is 0 Å². The zero-order valence-corrected chi connectivity index (χ0v) is 12.9. The summed E-state index contributed by atoms with van der Waals surface area (Å²) in [5.41, 5.74) is 2.65. The van der Waals surface area contributed by atoms with Crippen LogP contribution in [0.3, 0.4) is 0 Å². The molecule has 1 aromatic carbocycles. The van der Waals surface area contributed by atoms with Gasteiger partial charge in [-0.05, 0) is 30.4 Å². The van der Waals surface area contributed by atoms with Crippen molar-refractivity contribution in [2.75, 3.05) is 5.32 Å². The molecule has 1 aliphatic rings. The van der Waals surface area contributed by atoms with E-state index in [1.165, 1.54) is 19.3 Å². The molecular formula is C19H21N3. The number of nitrogens with one attached hydrogen (secondary N) is 1. The van der Waals surface area contributed by atoms with Gasteiger partial charge in [0.1, 0.15) is 17.5 Å². The molecule has 2 atom stereocenters. The lowest BCUT2D eigenvalue weighted by Crippen LogP contribution is -2.31. The number of hydrogen-bond acceptors (Lipinski definition) is 3. The fourth-order valence-electron chi connectivity index (χ4n) is 3.25. The van der Waals surface area contributed by atoms with Crippen LogP contribution in [0, 0.1) is 17.2 Å². The Morgan fingerprint density at radius 3 is 2.64 bits per heavy atom. The van der Waals surface area contributed by atoms with Crippen LogP contribution in [-0.4, -0.2) is 11.0 Å². The van der Waals surface area contributed by atoms with Crippen molar-refractivity contribution in [1.29, 1.82) is 5.26 Å². The first-order valence-corrected chi connectivity index (χ1v) is 8.00. The number of pyridine rings is 1. The summed E-state index contributed by atoms with van der Waals surface area (Å²) in [4.78, 5) is 4.43. The minimum Gasteiger partial charge on any atom is -0.366 e. The van der Waals surface area contributed by atoms with Gasteiger partial charge in [0.05, 0.1) is 0 Å². The van der Waals surface area contributed by atoms with E-state index in [1.54, 1.807) is 6.20 Å². The first kappa shape index (κ1) is 14.6. The van der Waals surface area contributed by atoms with E-state index in [-0.39, 0.29) is 0 Å². The number of anilines is 1. The molecule has 3 heteroatoms. The summed E-state index contributed by atoms with van der Waals surface area (Å²) in [5.74, 6) is 1.35. The van der Waals surface area contributed by atoms with Crippen LogP contribution in [0.4, 0.5) is 5.82 Å². The van der Waals surface area contributed by atoms with Crippen LogP contribution in [0.15, 0.2) is 42.6 Å². The van der Waals surface area contributed by atoms with Crippen LogP contribution in [0.2, 0.25) is 0 Å². The van der Waals surface area contributed by atoms with E-state index in [1.807, 2.05) is 36.4 Å². The Labute approximate surface area is 132 Å². The maximum absolute atomic E-state index is 9.63. The van der Waals surface area contributed by atoms with E-state index in [9.17, 15) is 5.26 Å². The van der Waals surface area contributed by atoms with Gasteiger partial charge in [-0.15, -0.1) is 0 Å². The average Bonchev–Trinajstić information content (AvgIpc) is 2.57. The summed E-state index contributed by atoms with van der Waals surface area (Å²) in [6.07, 6.45) is 6.75. The number of nitriles is 1. The quantitative estimate of drug-likeness (QED) is 0.898. The number of benzene rings is 1. The summed E-state index contributed by atoms with van der Waals surface area (Å²) < 4.78 is 0. The molecule has 2 aromatic rings. The van der Waals surface area contributed by atoms with Gasteiger partial charge in [0.25, 0.3) is 0 Å². The minimum atomic E-state index is 0.416. The van der Waals surface area contributed by atoms with E-state index in [0.717, 1.165) is 23.4 Å². The minimum absolute atomic E-state index is 0.416. The van der Waals surface area contributed by atoms with Gasteiger partial charge in [-0.2, -0.15) is 5.26 Å². The highest BCUT2D eigenvalue weighted by Crippen LogP contribution is 2.30. The van der Waals surface area contributed by atoms with Gasteiger partial charge in [0.15, 0.2) is 0 Å². The Morgan fingerprint density at radius 2 is 1.91 bits per heavy atom. The Kier molecular flexibility index (Phi) is 4.39. The summed E-state index contributed by atoms with van der Waals surface area (Å²) in [7, 11) is 0. The standard InChI is InChI=1S/C19H21N3/c1-14-7-5-6-10-18(14)22-19-17(13-20)16(11-12-21-19)15-8-3-2-4-9-15/h2-4,8-9,11-12,14,18H,5-7,10H2,1H3,(H,21,22). The van der Waals surface area contributed by atoms with Crippen molar-refractivity contribution in [1.82, 2.24) is 4.98 Å². The van der Waals surface area contributed by atoms with E-state index in [0.29, 0.717) is 17.5 Å². The molecule has 0 spiro atoms. The molecule has 0 amide bonds. The molecule has 1 aliphatic carbocycles. The molecule has 3 rings (SSSR count). The predicted molar refractivity (Wildman–Crippen MR) is 89.4 cm³/mol. The van der Waals surface area contributed by atoms with E-state index < -0.39 is 0 Å². The SMILES string of the molecule is CC1CCCCC1Nc1nccc(-c2ccccc2)c1C#N.